The number of hydrogen-bond donors (Lipinski definition) is 1. The molecule has 1 aliphatic carbocycles. The first kappa shape index (κ1) is 14.5. The highest BCUT2D eigenvalue weighted by atomic mass is 15.2. The van der Waals surface area contributed by atoms with E-state index in [4.69, 9.17) is 5.73 Å². The van der Waals surface area contributed by atoms with E-state index in [0.29, 0.717) is 6.04 Å². The summed E-state index contributed by atoms with van der Waals surface area (Å²) >= 11 is 0. The van der Waals surface area contributed by atoms with Gasteiger partial charge in [0.05, 0.1) is 0 Å². The smallest absolute Gasteiger partial charge is 0.0362 e. The van der Waals surface area contributed by atoms with E-state index in [9.17, 15) is 0 Å². The van der Waals surface area contributed by atoms with Gasteiger partial charge in [-0.1, -0.05) is 56.5 Å². The first-order valence-corrected chi connectivity index (χ1v) is 7.87. The van der Waals surface area contributed by atoms with Gasteiger partial charge < -0.3 is 5.73 Å². The molecule has 0 bridgehead atoms. The van der Waals surface area contributed by atoms with Crippen LogP contribution in [0.3, 0.4) is 0 Å². The summed E-state index contributed by atoms with van der Waals surface area (Å²) in [4.78, 5) is 2.70. The van der Waals surface area contributed by atoms with Gasteiger partial charge in [0.15, 0.2) is 0 Å². The third-order valence-electron chi connectivity index (χ3n) is 4.43. The molecule has 1 atom stereocenters. The number of nitrogens with two attached hydrogens (primary N) is 1. The highest BCUT2D eigenvalue weighted by Gasteiger charge is 2.26. The Labute approximate surface area is 118 Å². The number of hydrogen-bond acceptors (Lipinski definition) is 2. The Morgan fingerprint density at radius 1 is 1.16 bits per heavy atom. The van der Waals surface area contributed by atoms with Gasteiger partial charge in [-0.05, 0) is 37.9 Å². The van der Waals surface area contributed by atoms with Gasteiger partial charge in [0, 0.05) is 12.1 Å². The number of benzene rings is 1. The van der Waals surface area contributed by atoms with E-state index < -0.39 is 0 Å². The molecule has 0 aromatic heterocycles. The lowest BCUT2D eigenvalue weighted by Crippen LogP contribution is -2.40. The third-order valence-corrected chi connectivity index (χ3v) is 4.43. The molecule has 1 aromatic rings. The van der Waals surface area contributed by atoms with E-state index in [2.05, 4.69) is 42.2 Å². The van der Waals surface area contributed by atoms with E-state index in [0.717, 1.165) is 25.6 Å². The summed E-state index contributed by atoms with van der Waals surface area (Å²) < 4.78 is 0. The zero-order chi connectivity index (χ0) is 13.5. The van der Waals surface area contributed by atoms with Crippen LogP contribution in [0.1, 0.15) is 57.1 Å². The van der Waals surface area contributed by atoms with Gasteiger partial charge in [-0.3, -0.25) is 4.90 Å². The van der Waals surface area contributed by atoms with Crippen LogP contribution in [0.15, 0.2) is 30.3 Å². The minimum absolute atomic E-state index is 0.499. The molecule has 1 fully saturated rings. The highest BCUT2D eigenvalue weighted by molar-refractivity contribution is 5.19. The summed E-state index contributed by atoms with van der Waals surface area (Å²) in [5, 5.41) is 0. The zero-order valence-electron chi connectivity index (χ0n) is 12.2. The second kappa shape index (κ2) is 7.66. The van der Waals surface area contributed by atoms with Crippen LogP contribution >= 0.6 is 0 Å². The minimum atomic E-state index is 0.499. The van der Waals surface area contributed by atoms with Gasteiger partial charge in [0.2, 0.25) is 0 Å². The molecule has 2 nitrogen and oxygen atoms in total. The average Bonchev–Trinajstić information content (AvgIpc) is 2.49. The monoisotopic (exact) mass is 260 g/mol. The standard InChI is InChI=1S/C17H28N2/c1-2-19(16-11-7-4-8-12-16)17(13-14-18)15-9-5-3-6-10-15/h3,5-6,9-10,16-17H,2,4,7-8,11-14,18H2,1H3. The molecule has 0 radical (unpaired) electrons. The van der Waals surface area contributed by atoms with Gasteiger partial charge in [0.25, 0.3) is 0 Å². The van der Waals surface area contributed by atoms with Crippen molar-refractivity contribution in [2.24, 2.45) is 5.73 Å². The first-order valence-electron chi connectivity index (χ1n) is 7.87. The molecule has 1 aromatic carbocycles. The maximum atomic E-state index is 5.86. The normalized spacial score (nSPS) is 18.7. The predicted molar refractivity (Wildman–Crippen MR) is 82.1 cm³/mol. The molecular formula is C17H28N2. The largest absolute Gasteiger partial charge is 0.330 e. The quantitative estimate of drug-likeness (QED) is 0.844. The maximum absolute atomic E-state index is 5.86. The van der Waals surface area contributed by atoms with Crippen molar-refractivity contribution in [1.82, 2.24) is 4.90 Å². The summed E-state index contributed by atoms with van der Waals surface area (Å²) in [6, 6.07) is 12.2. The van der Waals surface area contributed by atoms with E-state index >= 15 is 0 Å². The van der Waals surface area contributed by atoms with Crippen molar-refractivity contribution in [2.75, 3.05) is 13.1 Å². The van der Waals surface area contributed by atoms with Crippen molar-refractivity contribution in [2.45, 2.75) is 57.5 Å². The zero-order valence-corrected chi connectivity index (χ0v) is 12.2. The van der Waals surface area contributed by atoms with Gasteiger partial charge >= 0.3 is 0 Å². The van der Waals surface area contributed by atoms with Crippen LogP contribution in [-0.4, -0.2) is 24.0 Å². The van der Waals surface area contributed by atoms with Crippen molar-refractivity contribution in [1.29, 1.82) is 0 Å². The van der Waals surface area contributed by atoms with Crippen LogP contribution in [0, 0.1) is 0 Å². The Bertz CT molecular complexity index is 344. The lowest BCUT2D eigenvalue weighted by molar-refractivity contribution is 0.106. The molecule has 0 saturated heterocycles. The van der Waals surface area contributed by atoms with E-state index in [1.165, 1.54) is 37.7 Å². The van der Waals surface area contributed by atoms with Crippen molar-refractivity contribution in [3.05, 3.63) is 35.9 Å². The first-order chi connectivity index (χ1) is 9.36. The van der Waals surface area contributed by atoms with Crippen LogP contribution in [0.2, 0.25) is 0 Å². The van der Waals surface area contributed by atoms with Crippen LogP contribution in [0.25, 0.3) is 0 Å². The highest BCUT2D eigenvalue weighted by Crippen LogP contribution is 2.31. The van der Waals surface area contributed by atoms with Gasteiger partial charge in [-0.25, -0.2) is 0 Å². The lowest BCUT2D eigenvalue weighted by Gasteiger charge is -2.39. The molecular weight excluding hydrogens is 232 g/mol. The summed E-state index contributed by atoms with van der Waals surface area (Å²) in [6.45, 7) is 4.19. The van der Waals surface area contributed by atoms with E-state index in [1.54, 1.807) is 0 Å². The van der Waals surface area contributed by atoms with Crippen LogP contribution in [-0.2, 0) is 0 Å². The minimum Gasteiger partial charge on any atom is -0.330 e. The Hall–Kier alpha value is -0.860. The molecule has 106 valence electrons. The molecule has 19 heavy (non-hydrogen) atoms. The summed E-state index contributed by atoms with van der Waals surface area (Å²) in [6.07, 6.45) is 8.00. The Morgan fingerprint density at radius 2 is 1.84 bits per heavy atom. The molecule has 0 amide bonds. The molecule has 2 heteroatoms. The Balaban J connectivity index is 2.15. The summed E-state index contributed by atoms with van der Waals surface area (Å²) in [5.41, 5.74) is 7.29. The Kier molecular flexibility index (Phi) is 5.87. The van der Waals surface area contributed by atoms with Crippen molar-refractivity contribution < 1.29 is 0 Å². The molecule has 2 N–H and O–H groups in total. The second-order valence-electron chi connectivity index (χ2n) is 5.63. The van der Waals surface area contributed by atoms with Crippen LogP contribution in [0.4, 0.5) is 0 Å². The molecule has 2 rings (SSSR count). The summed E-state index contributed by atoms with van der Waals surface area (Å²) in [7, 11) is 0. The Morgan fingerprint density at radius 3 is 2.42 bits per heavy atom. The predicted octanol–water partition coefficient (Wildman–Crippen LogP) is 3.73. The fourth-order valence-corrected chi connectivity index (χ4v) is 3.50. The second-order valence-corrected chi connectivity index (χ2v) is 5.63. The lowest BCUT2D eigenvalue weighted by atomic mass is 9.91. The molecule has 1 aliphatic rings. The van der Waals surface area contributed by atoms with E-state index in [1.807, 2.05) is 0 Å². The average molecular weight is 260 g/mol. The topological polar surface area (TPSA) is 29.3 Å². The fraction of sp³-hybridized carbons (Fsp3) is 0.647. The van der Waals surface area contributed by atoms with Crippen molar-refractivity contribution in [3.8, 4) is 0 Å². The molecule has 0 aliphatic heterocycles. The molecule has 0 heterocycles. The van der Waals surface area contributed by atoms with Gasteiger partial charge in [-0.15, -0.1) is 0 Å². The van der Waals surface area contributed by atoms with Crippen LogP contribution in [0.5, 0.6) is 0 Å². The van der Waals surface area contributed by atoms with Crippen LogP contribution < -0.4 is 5.73 Å². The molecule has 1 saturated carbocycles. The number of nitrogens with zero attached hydrogens (tertiary/aromatic N) is 1. The van der Waals surface area contributed by atoms with Gasteiger partial charge in [0.1, 0.15) is 0 Å². The molecule has 0 spiro atoms. The third kappa shape index (κ3) is 3.80. The fourth-order valence-electron chi connectivity index (χ4n) is 3.50. The SMILES string of the molecule is CCN(C1CCCCC1)C(CCN)c1ccccc1. The number of rotatable bonds is 6. The van der Waals surface area contributed by atoms with Gasteiger partial charge in [-0.2, -0.15) is 0 Å². The summed E-state index contributed by atoms with van der Waals surface area (Å²) in [5.74, 6) is 0. The molecule has 1 unspecified atom stereocenters. The van der Waals surface area contributed by atoms with Crippen molar-refractivity contribution in [3.63, 3.8) is 0 Å². The van der Waals surface area contributed by atoms with Crippen molar-refractivity contribution >= 4 is 0 Å². The van der Waals surface area contributed by atoms with E-state index in [-0.39, 0.29) is 0 Å². The maximum Gasteiger partial charge on any atom is 0.0362 e.